The van der Waals surface area contributed by atoms with Gasteiger partial charge in [-0.25, -0.2) is 9.78 Å². The summed E-state index contributed by atoms with van der Waals surface area (Å²) in [5, 5.41) is 9.98. The lowest BCUT2D eigenvalue weighted by molar-refractivity contribution is -0.137. The van der Waals surface area contributed by atoms with Crippen LogP contribution >= 0.6 is 0 Å². The van der Waals surface area contributed by atoms with Crippen LogP contribution in [0.3, 0.4) is 0 Å². The molecule has 1 saturated heterocycles. The molecule has 13 heteroatoms. The van der Waals surface area contributed by atoms with Gasteiger partial charge in [-0.1, -0.05) is 0 Å². The summed E-state index contributed by atoms with van der Waals surface area (Å²) in [5.74, 6) is 0.0910. The molecule has 3 amide bonds. The minimum atomic E-state index is -4.49. The zero-order valence-electron chi connectivity index (χ0n) is 23.6. The Kier molecular flexibility index (Phi) is 7.74. The van der Waals surface area contributed by atoms with Crippen LogP contribution in [0.1, 0.15) is 32.0 Å². The average Bonchev–Trinajstić information content (AvgIpc) is 3.34. The molecule has 2 aromatic heterocycles. The third-order valence-electron chi connectivity index (χ3n) is 7.59. The number of fused-ring (bicyclic) bond motifs is 1. The smallest absolute Gasteiger partial charge is 0.416 e. The van der Waals surface area contributed by atoms with Crippen LogP contribution in [0.25, 0.3) is 10.9 Å². The molecule has 0 radical (unpaired) electrons. The molecule has 1 aliphatic rings. The number of pyridine rings is 1. The monoisotopic (exact) mass is 595 g/mol. The Bertz CT molecular complexity index is 1690. The molecule has 1 aliphatic heterocycles. The van der Waals surface area contributed by atoms with Gasteiger partial charge in [0.1, 0.15) is 11.4 Å². The molecule has 0 saturated carbocycles. The standard InChI is InChI=1S/C30H28F3N5O5/c1-18-22-16-24(28(40)37-12-14-38(15-13-37)29(41)42)36(3)23(22)9-10-25(18)43-26-11-8-21(17-34-26)35(2)27(39)19-4-6-20(7-5-19)30(31,32)33/h4-11,16-17H,12-15H2,1-3H3,(H,41,42). The summed E-state index contributed by atoms with van der Waals surface area (Å²) >= 11 is 0. The summed E-state index contributed by atoms with van der Waals surface area (Å²) in [6.07, 6.45) is -4.06. The first kappa shape index (κ1) is 29.4. The Hall–Kier alpha value is -5.07. The summed E-state index contributed by atoms with van der Waals surface area (Å²) < 4.78 is 46.3. The van der Waals surface area contributed by atoms with Crippen molar-refractivity contribution >= 4 is 34.5 Å². The minimum Gasteiger partial charge on any atom is -0.465 e. The van der Waals surface area contributed by atoms with Crippen molar-refractivity contribution in [3.63, 3.8) is 0 Å². The lowest BCUT2D eigenvalue weighted by atomic mass is 10.1. The molecule has 10 nitrogen and oxygen atoms in total. The van der Waals surface area contributed by atoms with Gasteiger partial charge in [-0.2, -0.15) is 13.2 Å². The van der Waals surface area contributed by atoms with Gasteiger partial charge in [-0.15, -0.1) is 0 Å². The molecule has 4 aromatic rings. The number of carboxylic acid groups (broad SMARTS) is 1. The second kappa shape index (κ2) is 11.3. The van der Waals surface area contributed by atoms with E-state index in [0.29, 0.717) is 30.2 Å². The highest BCUT2D eigenvalue weighted by atomic mass is 19.4. The van der Waals surface area contributed by atoms with Crippen LogP contribution in [0, 0.1) is 6.92 Å². The molecule has 2 aromatic carbocycles. The fourth-order valence-electron chi connectivity index (χ4n) is 4.97. The normalized spacial score (nSPS) is 13.7. The van der Waals surface area contributed by atoms with Gasteiger partial charge in [0, 0.05) is 68.4 Å². The molecule has 3 heterocycles. The predicted octanol–water partition coefficient (Wildman–Crippen LogP) is 5.41. The predicted molar refractivity (Wildman–Crippen MR) is 152 cm³/mol. The second-order valence-electron chi connectivity index (χ2n) is 10.2. The van der Waals surface area contributed by atoms with E-state index < -0.39 is 23.7 Å². The van der Waals surface area contributed by atoms with Crippen LogP contribution in [0.4, 0.5) is 23.7 Å². The highest BCUT2D eigenvalue weighted by molar-refractivity contribution is 6.05. The lowest BCUT2D eigenvalue weighted by Gasteiger charge is -2.33. The number of rotatable bonds is 5. The Morgan fingerprint density at radius 2 is 1.60 bits per heavy atom. The Balaban J connectivity index is 1.29. The van der Waals surface area contributed by atoms with E-state index in [9.17, 15) is 32.7 Å². The van der Waals surface area contributed by atoms with Gasteiger partial charge in [0.15, 0.2) is 0 Å². The molecular formula is C30H28F3N5O5. The topological polar surface area (TPSA) is 108 Å². The molecule has 0 spiro atoms. The van der Waals surface area contributed by atoms with Gasteiger partial charge in [0.25, 0.3) is 11.8 Å². The first-order chi connectivity index (χ1) is 20.3. The fraction of sp³-hybridized carbons (Fsp3) is 0.267. The largest absolute Gasteiger partial charge is 0.465 e. The van der Waals surface area contributed by atoms with E-state index in [2.05, 4.69) is 4.98 Å². The van der Waals surface area contributed by atoms with Crippen molar-refractivity contribution in [2.75, 3.05) is 38.1 Å². The van der Waals surface area contributed by atoms with Gasteiger partial charge < -0.3 is 29.1 Å². The number of alkyl halides is 3. The van der Waals surface area contributed by atoms with Gasteiger partial charge in [-0.3, -0.25) is 9.59 Å². The van der Waals surface area contributed by atoms with Gasteiger partial charge >= 0.3 is 12.3 Å². The van der Waals surface area contributed by atoms with E-state index in [1.54, 1.807) is 40.8 Å². The van der Waals surface area contributed by atoms with E-state index in [0.717, 1.165) is 40.7 Å². The van der Waals surface area contributed by atoms with Crippen LogP contribution in [0.15, 0.2) is 60.8 Å². The van der Waals surface area contributed by atoms with Crippen molar-refractivity contribution in [3.8, 4) is 11.6 Å². The van der Waals surface area contributed by atoms with Crippen LogP contribution < -0.4 is 9.64 Å². The number of anilines is 1. The maximum atomic E-state index is 13.3. The summed E-state index contributed by atoms with van der Waals surface area (Å²) in [4.78, 5) is 45.8. The SMILES string of the molecule is Cc1c(Oc2ccc(N(C)C(=O)c3ccc(C(F)(F)F)cc3)cn2)ccc2c1cc(C(=O)N1CCN(C(=O)O)CC1)n2C. The molecule has 1 N–H and O–H groups in total. The number of benzene rings is 2. The van der Waals surface area contributed by atoms with Crippen molar-refractivity contribution < 1.29 is 37.4 Å². The Labute approximate surface area is 244 Å². The zero-order valence-corrected chi connectivity index (χ0v) is 23.6. The van der Waals surface area contributed by atoms with E-state index in [4.69, 9.17) is 4.74 Å². The third-order valence-corrected chi connectivity index (χ3v) is 7.59. The fourth-order valence-corrected chi connectivity index (χ4v) is 4.97. The minimum absolute atomic E-state index is 0.1000. The number of carbonyl (C=O) groups is 3. The van der Waals surface area contributed by atoms with E-state index >= 15 is 0 Å². The second-order valence-corrected chi connectivity index (χ2v) is 10.2. The molecule has 5 rings (SSSR count). The van der Waals surface area contributed by atoms with Gasteiger partial charge in [0.05, 0.1) is 17.4 Å². The number of carbonyl (C=O) groups excluding carboxylic acids is 2. The molecule has 1 fully saturated rings. The molecule has 0 atom stereocenters. The van der Waals surface area contributed by atoms with E-state index in [1.165, 1.54) is 23.0 Å². The molecule has 0 unspecified atom stereocenters. The van der Waals surface area contributed by atoms with Crippen LogP contribution in [0.5, 0.6) is 11.6 Å². The maximum Gasteiger partial charge on any atom is 0.416 e. The zero-order chi connectivity index (χ0) is 31.1. The summed E-state index contributed by atoms with van der Waals surface area (Å²) in [5.41, 5.74) is 1.76. The molecule has 224 valence electrons. The van der Waals surface area contributed by atoms with Crippen LogP contribution in [-0.4, -0.2) is 75.6 Å². The lowest BCUT2D eigenvalue weighted by Crippen LogP contribution is -2.50. The van der Waals surface area contributed by atoms with Crippen LogP contribution in [-0.2, 0) is 13.2 Å². The molecule has 0 bridgehead atoms. The first-order valence-corrected chi connectivity index (χ1v) is 13.3. The van der Waals surface area contributed by atoms with Gasteiger partial charge in [-0.05, 0) is 55.5 Å². The van der Waals surface area contributed by atoms with Gasteiger partial charge in [0.2, 0.25) is 5.88 Å². The Morgan fingerprint density at radius 1 is 0.953 bits per heavy atom. The number of amides is 3. The Morgan fingerprint density at radius 3 is 2.19 bits per heavy atom. The number of nitrogens with zero attached hydrogens (tertiary/aromatic N) is 5. The van der Waals surface area contributed by atoms with E-state index in [-0.39, 0.29) is 30.4 Å². The number of hydrogen-bond donors (Lipinski definition) is 1. The molecular weight excluding hydrogens is 567 g/mol. The maximum absolute atomic E-state index is 13.3. The summed E-state index contributed by atoms with van der Waals surface area (Å²) in [6.45, 7) is 3.00. The number of ether oxygens (including phenoxy) is 1. The highest BCUT2D eigenvalue weighted by Crippen LogP contribution is 2.33. The number of aromatic nitrogens is 2. The highest BCUT2D eigenvalue weighted by Gasteiger charge is 2.30. The average molecular weight is 596 g/mol. The number of piperazine rings is 1. The number of halogens is 3. The van der Waals surface area contributed by atoms with Crippen molar-refractivity contribution in [1.82, 2.24) is 19.4 Å². The molecule has 43 heavy (non-hydrogen) atoms. The first-order valence-electron chi connectivity index (χ1n) is 13.3. The molecule has 0 aliphatic carbocycles. The van der Waals surface area contributed by atoms with Crippen LogP contribution in [0.2, 0.25) is 0 Å². The van der Waals surface area contributed by atoms with Crippen molar-refractivity contribution in [2.45, 2.75) is 13.1 Å². The summed E-state index contributed by atoms with van der Waals surface area (Å²) in [6, 6.07) is 12.6. The van der Waals surface area contributed by atoms with Crippen molar-refractivity contribution in [2.24, 2.45) is 7.05 Å². The quantitative estimate of drug-likeness (QED) is 0.331. The van der Waals surface area contributed by atoms with Crippen molar-refractivity contribution in [3.05, 3.63) is 83.2 Å². The van der Waals surface area contributed by atoms with Crippen molar-refractivity contribution in [1.29, 1.82) is 0 Å². The van der Waals surface area contributed by atoms with E-state index in [1.807, 2.05) is 13.0 Å². The third kappa shape index (κ3) is 5.83. The number of aryl methyl sites for hydroxylation is 2. The number of hydrogen-bond acceptors (Lipinski definition) is 5. The summed E-state index contributed by atoms with van der Waals surface area (Å²) in [7, 11) is 3.29.